The first-order chi connectivity index (χ1) is 7.54. The van der Waals surface area contributed by atoms with Crippen LogP contribution < -0.4 is 5.32 Å². The van der Waals surface area contributed by atoms with Crippen LogP contribution in [-0.4, -0.2) is 6.54 Å². The van der Waals surface area contributed by atoms with Gasteiger partial charge in [0, 0.05) is 9.50 Å². The maximum Gasteiger partial charge on any atom is 0.122 e. The molecular weight excluding hydrogens is 288 g/mol. The van der Waals surface area contributed by atoms with E-state index in [1.807, 2.05) is 6.07 Å². The van der Waals surface area contributed by atoms with Crippen LogP contribution in [0.1, 0.15) is 25.5 Å². The number of rotatable bonds is 4. The molecule has 0 aliphatic heterocycles. The normalized spacial score (nSPS) is 12.5. The Morgan fingerprint density at radius 2 is 2.19 bits per heavy atom. The van der Waals surface area contributed by atoms with E-state index >= 15 is 0 Å². The highest BCUT2D eigenvalue weighted by Crippen LogP contribution is 2.26. The van der Waals surface area contributed by atoms with Gasteiger partial charge in [0.15, 0.2) is 0 Å². The molecule has 2 nitrogen and oxygen atoms in total. The van der Waals surface area contributed by atoms with Crippen LogP contribution in [0.15, 0.2) is 22.7 Å². The fourth-order valence-corrected chi connectivity index (χ4v) is 2.23. The molecule has 0 aromatic heterocycles. The van der Waals surface area contributed by atoms with Crippen molar-refractivity contribution in [1.82, 2.24) is 5.32 Å². The highest BCUT2D eigenvalue weighted by atomic mass is 79.9. The molecule has 0 bridgehead atoms. The molecule has 4 heteroatoms. The average molecular weight is 302 g/mol. The molecule has 1 atom stereocenters. The second-order valence-electron chi connectivity index (χ2n) is 4.03. The molecule has 1 rings (SSSR count). The molecule has 0 amide bonds. The van der Waals surface area contributed by atoms with Crippen LogP contribution in [0.4, 0.5) is 0 Å². The van der Waals surface area contributed by atoms with Gasteiger partial charge in [0.2, 0.25) is 0 Å². The average Bonchev–Trinajstić information content (AvgIpc) is 2.21. The molecule has 1 N–H and O–H groups in total. The second kappa shape index (κ2) is 6.24. The fraction of sp³-hybridized carbons (Fsp3) is 0.417. The minimum Gasteiger partial charge on any atom is -0.298 e. The lowest BCUT2D eigenvalue weighted by Crippen LogP contribution is -2.24. The Hall–Kier alpha value is -0.560. The first-order valence-corrected chi connectivity index (χ1v) is 6.29. The third-order valence-electron chi connectivity index (χ3n) is 2.13. The largest absolute Gasteiger partial charge is 0.298 e. The minimum atomic E-state index is -0.297. The van der Waals surface area contributed by atoms with E-state index in [9.17, 15) is 0 Å². The predicted octanol–water partition coefficient (Wildman–Crippen LogP) is 3.91. The summed E-state index contributed by atoms with van der Waals surface area (Å²) in [4.78, 5) is 0. The first kappa shape index (κ1) is 13.5. The third-order valence-corrected chi connectivity index (χ3v) is 3.05. The van der Waals surface area contributed by atoms with E-state index in [0.29, 0.717) is 10.9 Å². The summed E-state index contributed by atoms with van der Waals surface area (Å²) in [7, 11) is 0. The Balaban J connectivity index is 2.84. The molecule has 0 fully saturated rings. The molecule has 16 heavy (non-hydrogen) atoms. The second-order valence-corrected chi connectivity index (χ2v) is 5.32. The zero-order chi connectivity index (χ0) is 12.1. The fourth-order valence-electron chi connectivity index (χ4n) is 1.31. The van der Waals surface area contributed by atoms with E-state index in [1.165, 1.54) is 0 Å². The summed E-state index contributed by atoms with van der Waals surface area (Å²) < 4.78 is 0.864. The molecule has 0 heterocycles. The summed E-state index contributed by atoms with van der Waals surface area (Å²) in [5.41, 5.74) is 0.924. The van der Waals surface area contributed by atoms with Crippen molar-refractivity contribution in [3.8, 4) is 6.07 Å². The Bertz CT molecular complexity index is 398. The Morgan fingerprint density at radius 3 is 2.69 bits per heavy atom. The van der Waals surface area contributed by atoms with Gasteiger partial charge in [-0.1, -0.05) is 47.4 Å². The minimum absolute atomic E-state index is 0.297. The summed E-state index contributed by atoms with van der Waals surface area (Å²) >= 11 is 9.28. The lowest BCUT2D eigenvalue weighted by atomic mass is 10.1. The molecule has 1 aromatic carbocycles. The SMILES string of the molecule is CC(C)CNC(C#N)c1ccc(Cl)cc1Br. The van der Waals surface area contributed by atoms with Crippen molar-refractivity contribution >= 4 is 27.5 Å². The Labute approximate surface area is 110 Å². The van der Waals surface area contributed by atoms with Gasteiger partial charge in [-0.05, 0) is 30.2 Å². The maximum absolute atomic E-state index is 9.12. The molecule has 1 unspecified atom stereocenters. The van der Waals surface area contributed by atoms with Gasteiger partial charge in [0.25, 0.3) is 0 Å². The van der Waals surface area contributed by atoms with E-state index in [-0.39, 0.29) is 6.04 Å². The molecule has 0 spiro atoms. The number of halogens is 2. The van der Waals surface area contributed by atoms with Gasteiger partial charge in [-0.25, -0.2) is 0 Å². The molecule has 0 aliphatic rings. The standard InChI is InChI=1S/C12H14BrClN2/c1-8(2)7-16-12(6-15)10-4-3-9(14)5-11(10)13/h3-5,8,12,16H,7H2,1-2H3. The van der Waals surface area contributed by atoms with Gasteiger partial charge < -0.3 is 0 Å². The maximum atomic E-state index is 9.12. The van der Waals surface area contributed by atoms with E-state index < -0.39 is 0 Å². The van der Waals surface area contributed by atoms with Gasteiger partial charge in [0.1, 0.15) is 6.04 Å². The monoisotopic (exact) mass is 300 g/mol. The zero-order valence-corrected chi connectivity index (χ0v) is 11.6. The topological polar surface area (TPSA) is 35.8 Å². The number of nitriles is 1. The summed E-state index contributed by atoms with van der Waals surface area (Å²) in [6.07, 6.45) is 0. The molecule has 0 aliphatic carbocycles. The number of hydrogen-bond donors (Lipinski definition) is 1. The predicted molar refractivity (Wildman–Crippen MR) is 70.3 cm³/mol. The zero-order valence-electron chi connectivity index (χ0n) is 9.30. The van der Waals surface area contributed by atoms with E-state index in [1.54, 1.807) is 12.1 Å². The van der Waals surface area contributed by atoms with Gasteiger partial charge in [0.05, 0.1) is 6.07 Å². The van der Waals surface area contributed by atoms with Crippen LogP contribution in [0.25, 0.3) is 0 Å². The molecule has 0 saturated carbocycles. The first-order valence-electron chi connectivity index (χ1n) is 5.12. The van der Waals surface area contributed by atoms with E-state index in [2.05, 4.69) is 41.2 Å². The molecule has 0 radical (unpaired) electrons. The van der Waals surface area contributed by atoms with Crippen LogP contribution >= 0.6 is 27.5 Å². The highest BCUT2D eigenvalue weighted by Gasteiger charge is 2.13. The smallest absolute Gasteiger partial charge is 0.122 e. The highest BCUT2D eigenvalue weighted by molar-refractivity contribution is 9.10. The van der Waals surface area contributed by atoms with E-state index in [0.717, 1.165) is 16.6 Å². The molecule has 0 saturated heterocycles. The van der Waals surface area contributed by atoms with Crippen LogP contribution in [-0.2, 0) is 0 Å². The van der Waals surface area contributed by atoms with Crippen molar-refractivity contribution in [2.45, 2.75) is 19.9 Å². The number of benzene rings is 1. The van der Waals surface area contributed by atoms with E-state index in [4.69, 9.17) is 16.9 Å². The van der Waals surface area contributed by atoms with Gasteiger partial charge in [-0.3, -0.25) is 5.32 Å². The van der Waals surface area contributed by atoms with Gasteiger partial charge in [-0.15, -0.1) is 0 Å². The van der Waals surface area contributed by atoms with Crippen molar-refractivity contribution in [1.29, 1.82) is 5.26 Å². The van der Waals surface area contributed by atoms with Crippen LogP contribution in [0, 0.1) is 17.2 Å². The Kier molecular flexibility index (Phi) is 5.27. The molecule has 1 aromatic rings. The number of hydrogen-bond acceptors (Lipinski definition) is 2. The summed E-state index contributed by atoms with van der Waals surface area (Å²) in [6, 6.07) is 7.42. The Morgan fingerprint density at radius 1 is 1.50 bits per heavy atom. The van der Waals surface area contributed by atoms with Crippen LogP contribution in [0.2, 0.25) is 5.02 Å². The quantitative estimate of drug-likeness (QED) is 0.915. The summed E-state index contributed by atoms with van der Waals surface area (Å²) in [6.45, 7) is 5.03. The molecular formula is C12H14BrClN2. The molecule has 86 valence electrons. The van der Waals surface area contributed by atoms with Crippen LogP contribution in [0.3, 0.4) is 0 Å². The van der Waals surface area contributed by atoms with Gasteiger partial charge in [-0.2, -0.15) is 5.26 Å². The van der Waals surface area contributed by atoms with Crippen LogP contribution in [0.5, 0.6) is 0 Å². The van der Waals surface area contributed by atoms with Crippen molar-refractivity contribution in [3.05, 3.63) is 33.3 Å². The number of nitrogens with zero attached hydrogens (tertiary/aromatic N) is 1. The number of nitrogens with one attached hydrogen (secondary N) is 1. The lowest BCUT2D eigenvalue weighted by Gasteiger charge is -2.15. The van der Waals surface area contributed by atoms with Crippen molar-refractivity contribution < 1.29 is 0 Å². The summed E-state index contributed by atoms with van der Waals surface area (Å²) in [5.74, 6) is 0.516. The van der Waals surface area contributed by atoms with Crippen molar-refractivity contribution in [3.63, 3.8) is 0 Å². The lowest BCUT2D eigenvalue weighted by molar-refractivity contribution is 0.524. The van der Waals surface area contributed by atoms with Crippen molar-refractivity contribution in [2.24, 2.45) is 5.92 Å². The summed E-state index contributed by atoms with van der Waals surface area (Å²) in [5, 5.41) is 13.0. The third kappa shape index (κ3) is 3.79. The van der Waals surface area contributed by atoms with Gasteiger partial charge >= 0.3 is 0 Å². The van der Waals surface area contributed by atoms with Crippen molar-refractivity contribution in [2.75, 3.05) is 6.54 Å².